The summed E-state index contributed by atoms with van der Waals surface area (Å²) in [5.74, 6) is 0.252. The van der Waals surface area contributed by atoms with Gasteiger partial charge in [-0.25, -0.2) is 0 Å². The zero-order chi connectivity index (χ0) is 25.2. The predicted octanol–water partition coefficient (Wildman–Crippen LogP) is 7.05. The Kier molecular flexibility index (Phi) is 6.68. The summed E-state index contributed by atoms with van der Waals surface area (Å²) in [7, 11) is 0. The number of alkyl halides is 7. The van der Waals surface area contributed by atoms with Gasteiger partial charge < -0.3 is 19.1 Å². The number of hydrogen-bond acceptors (Lipinski definition) is 4. The maximum absolute atomic E-state index is 13.5. The Bertz CT molecular complexity index is 1160. The summed E-state index contributed by atoms with van der Waals surface area (Å²) in [6.07, 6.45) is -15.6. The second-order valence-electron chi connectivity index (χ2n) is 7.69. The van der Waals surface area contributed by atoms with Gasteiger partial charge in [0.2, 0.25) is 6.10 Å². The van der Waals surface area contributed by atoms with Crippen molar-refractivity contribution < 1.29 is 44.9 Å². The van der Waals surface area contributed by atoms with Gasteiger partial charge in [0, 0.05) is 12.6 Å². The lowest BCUT2D eigenvalue weighted by molar-refractivity contribution is -0.253. The lowest BCUT2D eigenvalue weighted by Crippen LogP contribution is -2.47. The van der Waals surface area contributed by atoms with Crippen molar-refractivity contribution in [1.82, 2.24) is 0 Å². The van der Waals surface area contributed by atoms with Crippen LogP contribution >= 0.6 is 0 Å². The minimum atomic E-state index is -4.71. The van der Waals surface area contributed by atoms with E-state index in [2.05, 4.69) is 4.74 Å². The predicted molar refractivity (Wildman–Crippen MR) is 112 cm³/mol. The van der Waals surface area contributed by atoms with Crippen molar-refractivity contribution in [3.63, 3.8) is 0 Å². The Balaban J connectivity index is 1.62. The third-order valence-corrected chi connectivity index (χ3v) is 5.05. The van der Waals surface area contributed by atoms with E-state index in [4.69, 9.17) is 9.47 Å². The summed E-state index contributed by atoms with van der Waals surface area (Å²) in [5.41, 5.74) is 0.541. The molecule has 0 saturated carbocycles. The number of hydrogen-bond donors (Lipinski definition) is 0. The summed E-state index contributed by atoms with van der Waals surface area (Å²) in [5, 5.41) is 0. The van der Waals surface area contributed by atoms with Gasteiger partial charge in [-0.05, 0) is 42.0 Å². The molecule has 4 rings (SSSR count). The average Bonchev–Trinajstić information content (AvgIpc) is 2.79. The Hall–Kier alpha value is -3.63. The number of ether oxygens (including phenoxy) is 3. The summed E-state index contributed by atoms with van der Waals surface area (Å²) in [6, 6.07) is 17.9. The first kappa shape index (κ1) is 24.5. The van der Waals surface area contributed by atoms with Crippen LogP contribution in [0.15, 0.2) is 72.8 Å². The molecule has 1 aliphatic heterocycles. The lowest BCUT2D eigenvalue weighted by Gasteiger charge is -2.37. The number of anilines is 1. The molecule has 0 aliphatic carbocycles. The van der Waals surface area contributed by atoms with E-state index in [1.54, 1.807) is 30.3 Å². The molecule has 1 aliphatic rings. The molecule has 0 N–H and O–H groups in total. The van der Waals surface area contributed by atoms with E-state index < -0.39 is 37.1 Å². The van der Waals surface area contributed by atoms with E-state index in [1.165, 1.54) is 35.2 Å². The van der Waals surface area contributed by atoms with Gasteiger partial charge in [0.1, 0.15) is 23.0 Å². The Morgan fingerprint density at radius 2 is 1.57 bits per heavy atom. The van der Waals surface area contributed by atoms with Crippen LogP contribution in [0.3, 0.4) is 0 Å². The topological polar surface area (TPSA) is 30.9 Å². The highest BCUT2D eigenvalue weighted by Crippen LogP contribution is 2.41. The van der Waals surface area contributed by atoms with Crippen LogP contribution in [0.1, 0.15) is 5.56 Å². The van der Waals surface area contributed by atoms with E-state index in [0.29, 0.717) is 11.5 Å². The summed E-state index contributed by atoms with van der Waals surface area (Å²) < 4.78 is 107. The molecule has 0 fully saturated rings. The van der Waals surface area contributed by atoms with Crippen molar-refractivity contribution in [2.75, 3.05) is 11.4 Å². The first-order valence-corrected chi connectivity index (χ1v) is 10.3. The van der Waals surface area contributed by atoms with Crippen molar-refractivity contribution in [2.24, 2.45) is 0 Å². The van der Waals surface area contributed by atoms with Gasteiger partial charge in [0.15, 0.2) is 0 Å². The maximum atomic E-state index is 13.5. The molecule has 0 amide bonds. The Labute approximate surface area is 195 Å². The molecule has 186 valence electrons. The van der Waals surface area contributed by atoms with Crippen LogP contribution in [0.2, 0.25) is 0 Å². The SMILES string of the molecule is FC(F)C(F)(F)Oc1cccc(CN2C[C@H](C(F)(F)F)Oc3ccc(Oc4ccccc4)cc32)c1. The number of rotatable bonds is 7. The highest BCUT2D eigenvalue weighted by molar-refractivity contribution is 5.64. The summed E-state index contributed by atoms with van der Waals surface area (Å²) in [6.45, 7) is -0.765. The average molecular weight is 501 g/mol. The molecule has 3 aromatic rings. The van der Waals surface area contributed by atoms with Gasteiger partial charge >= 0.3 is 18.7 Å². The molecule has 0 aromatic heterocycles. The zero-order valence-corrected chi connectivity index (χ0v) is 17.8. The molecular weight excluding hydrogens is 483 g/mol. The molecular formula is C24H18F7NO3. The van der Waals surface area contributed by atoms with Crippen molar-refractivity contribution >= 4 is 5.69 Å². The fourth-order valence-electron chi connectivity index (χ4n) is 3.47. The second kappa shape index (κ2) is 9.55. The molecule has 4 nitrogen and oxygen atoms in total. The third kappa shape index (κ3) is 5.90. The van der Waals surface area contributed by atoms with Gasteiger partial charge in [-0.2, -0.15) is 30.7 Å². The minimum Gasteiger partial charge on any atom is -0.477 e. The first-order chi connectivity index (χ1) is 16.5. The van der Waals surface area contributed by atoms with Crippen LogP contribution in [-0.4, -0.2) is 31.4 Å². The first-order valence-electron chi connectivity index (χ1n) is 10.3. The molecule has 0 spiro atoms. The van der Waals surface area contributed by atoms with E-state index in [0.717, 1.165) is 12.1 Å². The third-order valence-electron chi connectivity index (χ3n) is 5.05. The highest BCUT2D eigenvalue weighted by atomic mass is 19.4. The van der Waals surface area contributed by atoms with Crippen molar-refractivity contribution in [3.8, 4) is 23.0 Å². The van der Waals surface area contributed by atoms with Gasteiger partial charge in [0.25, 0.3) is 0 Å². The van der Waals surface area contributed by atoms with Crippen LogP contribution in [0.4, 0.5) is 36.4 Å². The minimum absolute atomic E-state index is 0.0457. The molecule has 0 bridgehead atoms. The quantitative estimate of drug-likeness (QED) is 0.325. The van der Waals surface area contributed by atoms with Crippen molar-refractivity contribution in [3.05, 3.63) is 78.4 Å². The monoisotopic (exact) mass is 501 g/mol. The Morgan fingerprint density at radius 3 is 2.26 bits per heavy atom. The molecule has 11 heteroatoms. The van der Waals surface area contributed by atoms with Crippen molar-refractivity contribution in [2.45, 2.75) is 31.4 Å². The standard InChI is InChI=1S/C24H18F7NO3/c25-22(26)24(30,31)35-18-8-4-5-15(11-18)13-32-14-21(23(27,28)29)34-20-10-9-17(12-19(20)32)33-16-6-2-1-3-7-16/h1-12,21-22H,13-14H2/t21-/m1/s1. The van der Waals surface area contributed by atoms with E-state index in [1.807, 2.05) is 0 Å². The van der Waals surface area contributed by atoms with E-state index >= 15 is 0 Å². The number of halogens is 7. The molecule has 0 radical (unpaired) electrons. The molecule has 0 saturated heterocycles. The van der Waals surface area contributed by atoms with Crippen LogP contribution in [0.25, 0.3) is 0 Å². The normalized spacial score (nSPS) is 16.0. The van der Waals surface area contributed by atoms with E-state index in [9.17, 15) is 30.7 Å². The molecule has 35 heavy (non-hydrogen) atoms. The number of nitrogens with zero attached hydrogens (tertiary/aromatic N) is 1. The number of para-hydroxylation sites is 1. The van der Waals surface area contributed by atoms with Gasteiger partial charge in [-0.3, -0.25) is 0 Å². The van der Waals surface area contributed by atoms with Crippen LogP contribution in [0.5, 0.6) is 23.0 Å². The number of fused-ring (bicyclic) bond motifs is 1. The van der Waals surface area contributed by atoms with E-state index in [-0.39, 0.29) is 23.5 Å². The fraction of sp³-hybridized carbons (Fsp3) is 0.250. The lowest BCUT2D eigenvalue weighted by atomic mass is 10.1. The molecule has 1 atom stereocenters. The molecule has 0 unspecified atom stereocenters. The Morgan fingerprint density at radius 1 is 0.857 bits per heavy atom. The fourth-order valence-corrected chi connectivity index (χ4v) is 3.47. The van der Waals surface area contributed by atoms with Crippen LogP contribution in [0, 0.1) is 0 Å². The zero-order valence-electron chi connectivity index (χ0n) is 17.8. The second-order valence-corrected chi connectivity index (χ2v) is 7.69. The van der Waals surface area contributed by atoms with Crippen LogP contribution in [-0.2, 0) is 6.54 Å². The largest absolute Gasteiger partial charge is 0.477 e. The molecule has 3 aromatic carbocycles. The van der Waals surface area contributed by atoms with Gasteiger partial charge in [-0.15, -0.1) is 0 Å². The number of benzene rings is 3. The van der Waals surface area contributed by atoms with Crippen molar-refractivity contribution in [1.29, 1.82) is 0 Å². The summed E-state index contributed by atoms with van der Waals surface area (Å²) in [4.78, 5) is 1.35. The van der Waals surface area contributed by atoms with Gasteiger partial charge in [-0.1, -0.05) is 30.3 Å². The summed E-state index contributed by atoms with van der Waals surface area (Å²) >= 11 is 0. The smallest absolute Gasteiger partial charge is 0.461 e. The highest BCUT2D eigenvalue weighted by Gasteiger charge is 2.46. The van der Waals surface area contributed by atoms with Crippen LogP contribution < -0.4 is 19.1 Å². The van der Waals surface area contributed by atoms with Gasteiger partial charge in [0.05, 0.1) is 12.2 Å². The maximum Gasteiger partial charge on any atom is 0.461 e. The molecule has 1 heterocycles.